The van der Waals surface area contributed by atoms with E-state index in [9.17, 15) is 9.90 Å². The van der Waals surface area contributed by atoms with Crippen molar-refractivity contribution in [3.63, 3.8) is 0 Å². The van der Waals surface area contributed by atoms with Gasteiger partial charge >= 0.3 is 0 Å². The highest BCUT2D eigenvalue weighted by atomic mass is 32.1. The second kappa shape index (κ2) is 8.64. The van der Waals surface area contributed by atoms with Crippen molar-refractivity contribution in [1.29, 1.82) is 0 Å². The number of hydrogen-bond acceptors (Lipinski definition) is 6. The molecule has 2 aromatic carbocycles. The van der Waals surface area contributed by atoms with Crippen LogP contribution in [0.5, 0.6) is 11.5 Å². The molecule has 0 saturated carbocycles. The summed E-state index contributed by atoms with van der Waals surface area (Å²) in [6.07, 6.45) is 0. The van der Waals surface area contributed by atoms with Gasteiger partial charge in [0, 0.05) is 22.2 Å². The zero-order valence-electron chi connectivity index (χ0n) is 18.4. The van der Waals surface area contributed by atoms with Gasteiger partial charge in [-0.2, -0.15) is 5.10 Å². The smallest absolute Gasteiger partial charge is 0.269 e. The number of nitrogens with one attached hydrogen (secondary N) is 1. The molecule has 0 aliphatic rings. The van der Waals surface area contributed by atoms with E-state index in [-0.39, 0.29) is 12.5 Å². The Labute approximate surface area is 190 Å². The lowest BCUT2D eigenvalue weighted by molar-refractivity contribution is 0.0554. The van der Waals surface area contributed by atoms with Crippen LogP contribution in [0.1, 0.15) is 22.3 Å². The SMILES string of the molecule is COc1ccc(OC)c(-c2cc(C(=O)NCC(C)(O)c3cc4ccccc4s3)n(C)n2)c1. The van der Waals surface area contributed by atoms with Crippen LogP contribution in [-0.4, -0.2) is 41.6 Å². The monoisotopic (exact) mass is 451 g/mol. The second-order valence-corrected chi connectivity index (χ2v) is 8.79. The fourth-order valence-corrected chi connectivity index (χ4v) is 4.61. The molecule has 2 aromatic heterocycles. The summed E-state index contributed by atoms with van der Waals surface area (Å²) in [7, 11) is 4.87. The van der Waals surface area contributed by atoms with Crippen LogP contribution in [0.15, 0.2) is 54.6 Å². The maximum absolute atomic E-state index is 12.9. The summed E-state index contributed by atoms with van der Waals surface area (Å²) in [6.45, 7) is 1.77. The minimum absolute atomic E-state index is 0.0711. The van der Waals surface area contributed by atoms with Gasteiger partial charge in [-0.25, -0.2) is 0 Å². The summed E-state index contributed by atoms with van der Waals surface area (Å²) in [5, 5.41) is 19.4. The van der Waals surface area contributed by atoms with Crippen molar-refractivity contribution in [2.45, 2.75) is 12.5 Å². The van der Waals surface area contributed by atoms with Gasteiger partial charge in [-0.05, 0) is 48.7 Å². The molecule has 4 rings (SSSR count). The number of carbonyl (C=O) groups is 1. The number of aromatic nitrogens is 2. The molecule has 32 heavy (non-hydrogen) atoms. The Kier molecular flexibility index (Phi) is 5.90. The molecule has 0 bridgehead atoms. The molecular formula is C24H25N3O4S. The number of aryl methyl sites for hydroxylation is 1. The van der Waals surface area contributed by atoms with Gasteiger partial charge < -0.3 is 19.9 Å². The number of rotatable bonds is 7. The zero-order valence-corrected chi connectivity index (χ0v) is 19.2. The number of benzene rings is 2. The van der Waals surface area contributed by atoms with E-state index >= 15 is 0 Å². The van der Waals surface area contributed by atoms with E-state index in [0.717, 1.165) is 20.5 Å². The average Bonchev–Trinajstić information content (AvgIpc) is 3.41. The standard InChI is InChI=1S/C24H25N3O4S/c1-24(29,22-11-15-7-5-6-8-21(15)32-22)14-25-23(28)19-13-18(26-27(19)2)17-12-16(30-3)9-10-20(17)31-4/h5-13,29H,14H2,1-4H3,(H,25,28). The molecule has 0 radical (unpaired) electrons. The maximum Gasteiger partial charge on any atom is 0.269 e. The summed E-state index contributed by atoms with van der Waals surface area (Å²) >= 11 is 1.52. The Morgan fingerprint density at radius 2 is 1.94 bits per heavy atom. The number of methoxy groups -OCH3 is 2. The number of aliphatic hydroxyl groups is 1. The van der Waals surface area contributed by atoms with Crippen LogP contribution in [0.4, 0.5) is 0 Å². The van der Waals surface area contributed by atoms with Gasteiger partial charge in [0.25, 0.3) is 5.91 Å². The third-order valence-electron chi connectivity index (χ3n) is 5.34. The fraction of sp³-hybridized carbons (Fsp3) is 0.250. The Morgan fingerprint density at radius 1 is 1.16 bits per heavy atom. The number of fused-ring (bicyclic) bond motifs is 1. The van der Waals surface area contributed by atoms with E-state index in [2.05, 4.69) is 10.4 Å². The van der Waals surface area contributed by atoms with Crippen LogP contribution < -0.4 is 14.8 Å². The van der Waals surface area contributed by atoms with E-state index in [4.69, 9.17) is 9.47 Å². The first kappa shape index (κ1) is 21.9. The lowest BCUT2D eigenvalue weighted by Gasteiger charge is -2.22. The van der Waals surface area contributed by atoms with Crippen LogP contribution in [0.3, 0.4) is 0 Å². The molecule has 0 aliphatic heterocycles. The molecule has 2 N–H and O–H groups in total. The minimum atomic E-state index is -1.20. The maximum atomic E-state index is 12.9. The van der Waals surface area contributed by atoms with Crippen LogP contribution in [0, 0.1) is 0 Å². The lowest BCUT2D eigenvalue weighted by Crippen LogP contribution is -2.38. The number of nitrogens with zero attached hydrogens (tertiary/aromatic N) is 2. The van der Waals surface area contributed by atoms with Gasteiger partial charge in [-0.3, -0.25) is 9.48 Å². The summed E-state index contributed by atoms with van der Waals surface area (Å²) in [5.74, 6) is 0.967. The molecule has 8 heteroatoms. The predicted molar refractivity (Wildman–Crippen MR) is 125 cm³/mol. The topological polar surface area (TPSA) is 85.6 Å². The predicted octanol–water partition coefficient (Wildman–Crippen LogP) is 3.96. The van der Waals surface area contributed by atoms with Gasteiger partial charge in [0.1, 0.15) is 22.8 Å². The Hall–Kier alpha value is -3.36. The molecule has 166 valence electrons. The van der Waals surface area contributed by atoms with Gasteiger partial charge in [0.2, 0.25) is 0 Å². The highest BCUT2D eigenvalue weighted by Gasteiger charge is 2.27. The first-order valence-corrected chi connectivity index (χ1v) is 10.9. The second-order valence-electron chi connectivity index (χ2n) is 7.71. The Morgan fingerprint density at radius 3 is 2.66 bits per heavy atom. The van der Waals surface area contributed by atoms with Crippen LogP contribution in [0.2, 0.25) is 0 Å². The van der Waals surface area contributed by atoms with Crippen molar-refractivity contribution in [3.8, 4) is 22.8 Å². The van der Waals surface area contributed by atoms with Crippen molar-refractivity contribution in [1.82, 2.24) is 15.1 Å². The van der Waals surface area contributed by atoms with Crippen molar-refractivity contribution < 1.29 is 19.4 Å². The van der Waals surface area contributed by atoms with E-state index in [1.807, 2.05) is 36.4 Å². The van der Waals surface area contributed by atoms with E-state index in [1.165, 1.54) is 16.0 Å². The van der Waals surface area contributed by atoms with E-state index < -0.39 is 5.60 Å². The van der Waals surface area contributed by atoms with Crippen molar-refractivity contribution in [2.24, 2.45) is 7.05 Å². The van der Waals surface area contributed by atoms with E-state index in [1.54, 1.807) is 46.4 Å². The number of thiophene rings is 1. The van der Waals surface area contributed by atoms with Gasteiger partial charge in [-0.15, -0.1) is 11.3 Å². The molecule has 0 spiro atoms. The fourth-order valence-electron chi connectivity index (χ4n) is 3.50. The third kappa shape index (κ3) is 4.19. The molecule has 0 saturated heterocycles. The highest BCUT2D eigenvalue weighted by molar-refractivity contribution is 7.19. The van der Waals surface area contributed by atoms with Crippen molar-refractivity contribution >= 4 is 27.3 Å². The molecule has 1 amide bonds. The number of hydrogen-bond donors (Lipinski definition) is 2. The third-order valence-corrected chi connectivity index (χ3v) is 6.71. The van der Waals surface area contributed by atoms with Crippen molar-refractivity contribution in [3.05, 3.63) is 65.2 Å². The summed E-state index contributed by atoms with van der Waals surface area (Å²) in [4.78, 5) is 13.7. The molecule has 7 nitrogen and oxygen atoms in total. The Bertz CT molecular complexity index is 1240. The number of carbonyl (C=O) groups excluding carboxylic acids is 1. The quantitative estimate of drug-likeness (QED) is 0.444. The van der Waals surface area contributed by atoms with Crippen molar-refractivity contribution in [2.75, 3.05) is 20.8 Å². The zero-order chi connectivity index (χ0) is 22.9. The highest BCUT2D eigenvalue weighted by Crippen LogP contribution is 2.34. The molecule has 1 unspecified atom stereocenters. The number of ether oxygens (including phenoxy) is 2. The molecule has 0 fully saturated rings. The molecule has 4 aromatic rings. The van der Waals surface area contributed by atoms with Gasteiger partial charge in [0.15, 0.2) is 0 Å². The van der Waals surface area contributed by atoms with Gasteiger partial charge in [-0.1, -0.05) is 18.2 Å². The normalized spacial score (nSPS) is 13.0. The summed E-state index contributed by atoms with van der Waals surface area (Å²) in [5.41, 5.74) is 0.483. The molecule has 1 atom stereocenters. The van der Waals surface area contributed by atoms with Gasteiger partial charge in [0.05, 0.1) is 26.5 Å². The average molecular weight is 452 g/mol. The molecule has 2 heterocycles. The summed E-state index contributed by atoms with van der Waals surface area (Å²) in [6, 6.07) is 17.0. The largest absolute Gasteiger partial charge is 0.497 e. The first-order valence-electron chi connectivity index (χ1n) is 10.1. The molecular weight excluding hydrogens is 426 g/mol. The Balaban J connectivity index is 1.54. The minimum Gasteiger partial charge on any atom is -0.497 e. The molecule has 0 aliphatic carbocycles. The van der Waals surface area contributed by atoms with Crippen LogP contribution >= 0.6 is 11.3 Å². The lowest BCUT2D eigenvalue weighted by atomic mass is 10.0. The summed E-state index contributed by atoms with van der Waals surface area (Å²) < 4.78 is 13.3. The number of amides is 1. The van der Waals surface area contributed by atoms with Crippen LogP contribution in [-0.2, 0) is 12.6 Å². The first-order chi connectivity index (χ1) is 15.3. The van der Waals surface area contributed by atoms with Crippen LogP contribution in [0.25, 0.3) is 21.3 Å². The van der Waals surface area contributed by atoms with E-state index in [0.29, 0.717) is 22.9 Å².